The molecule has 1 aromatic carbocycles. The minimum absolute atomic E-state index is 0.234. The lowest BCUT2D eigenvalue weighted by molar-refractivity contribution is 0.457. The molecule has 106 valence electrons. The van der Waals surface area contributed by atoms with Crippen LogP contribution < -0.4 is 0 Å². The molecule has 0 saturated heterocycles. The van der Waals surface area contributed by atoms with Crippen molar-refractivity contribution in [1.82, 2.24) is 0 Å². The van der Waals surface area contributed by atoms with Crippen LogP contribution >= 0.6 is 0 Å². The SMILES string of the molecule is CCCc1ccc(C2=C=CC(CCC)C(F)=C2F)cc1. The molecule has 2 heteroatoms. The predicted octanol–water partition coefficient (Wildman–Crippen LogP) is 5.76. The van der Waals surface area contributed by atoms with Gasteiger partial charge in [0.15, 0.2) is 5.83 Å². The van der Waals surface area contributed by atoms with Gasteiger partial charge in [-0.2, -0.15) is 0 Å². The van der Waals surface area contributed by atoms with Crippen molar-refractivity contribution in [3.05, 3.63) is 58.9 Å². The maximum atomic E-state index is 14.1. The van der Waals surface area contributed by atoms with Gasteiger partial charge in [0, 0.05) is 5.92 Å². The van der Waals surface area contributed by atoms with E-state index in [1.807, 2.05) is 31.2 Å². The molecule has 0 amide bonds. The first-order valence-electron chi connectivity index (χ1n) is 7.29. The summed E-state index contributed by atoms with van der Waals surface area (Å²) in [5.41, 5.74) is 5.05. The van der Waals surface area contributed by atoms with Gasteiger partial charge in [-0.1, -0.05) is 51.0 Å². The van der Waals surface area contributed by atoms with Crippen molar-refractivity contribution < 1.29 is 8.78 Å². The lowest BCUT2D eigenvalue weighted by Gasteiger charge is -2.15. The predicted molar refractivity (Wildman–Crippen MR) is 79.6 cm³/mol. The second-order valence-corrected chi connectivity index (χ2v) is 5.19. The van der Waals surface area contributed by atoms with Gasteiger partial charge in [-0.05, 0) is 30.0 Å². The first-order chi connectivity index (χ1) is 9.67. The summed E-state index contributed by atoms with van der Waals surface area (Å²) >= 11 is 0. The van der Waals surface area contributed by atoms with Crippen LogP contribution in [0.5, 0.6) is 0 Å². The van der Waals surface area contributed by atoms with E-state index in [9.17, 15) is 8.78 Å². The Morgan fingerprint density at radius 2 is 1.75 bits per heavy atom. The average molecular weight is 274 g/mol. The minimum atomic E-state index is -0.755. The second-order valence-electron chi connectivity index (χ2n) is 5.19. The van der Waals surface area contributed by atoms with Gasteiger partial charge in [0.05, 0.1) is 5.57 Å². The number of rotatable bonds is 5. The van der Waals surface area contributed by atoms with E-state index >= 15 is 0 Å². The summed E-state index contributed by atoms with van der Waals surface area (Å²) in [7, 11) is 0. The fraction of sp³-hybridized carbons (Fsp3) is 0.389. The zero-order chi connectivity index (χ0) is 14.5. The van der Waals surface area contributed by atoms with Gasteiger partial charge in [-0.3, -0.25) is 0 Å². The molecule has 0 heterocycles. The Balaban J connectivity index is 2.31. The molecule has 0 N–H and O–H groups in total. The van der Waals surface area contributed by atoms with Crippen LogP contribution in [0.25, 0.3) is 5.57 Å². The molecule has 0 bridgehead atoms. The maximum Gasteiger partial charge on any atom is 0.170 e. The van der Waals surface area contributed by atoms with Crippen molar-refractivity contribution in [2.75, 3.05) is 0 Å². The van der Waals surface area contributed by atoms with E-state index in [4.69, 9.17) is 0 Å². The Morgan fingerprint density at radius 3 is 2.35 bits per heavy atom. The summed E-state index contributed by atoms with van der Waals surface area (Å²) in [6.45, 7) is 4.08. The number of hydrogen-bond acceptors (Lipinski definition) is 0. The van der Waals surface area contributed by atoms with E-state index in [1.54, 1.807) is 6.08 Å². The highest BCUT2D eigenvalue weighted by Gasteiger charge is 2.23. The van der Waals surface area contributed by atoms with Gasteiger partial charge in [0.2, 0.25) is 0 Å². The van der Waals surface area contributed by atoms with Crippen molar-refractivity contribution in [3.8, 4) is 0 Å². The highest BCUT2D eigenvalue weighted by atomic mass is 19.2. The fourth-order valence-corrected chi connectivity index (χ4v) is 2.46. The van der Waals surface area contributed by atoms with Crippen molar-refractivity contribution >= 4 is 5.57 Å². The van der Waals surface area contributed by atoms with Crippen LogP contribution in [-0.2, 0) is 6.42 Å². The Bertz CT molecular complexity index is 558. The van der Waals surface area contributed by atoms with Gasteiger partial charge in [-0.25, -0.2) is 8.78 Å². The smallest absolute Gasteiger partial charge is 0.170 e. The van der Waals surface area contributed by atoms with E-state index in [1.165, 1.54) is 5.56 Å². The normalized spacial score (nSPS) is 18.4. The quantitative estimate of drug-likeness (QED) is 0.599. The lowest BCUT2D eigenvalue weighted by atomic mass is 9.93. The third-order valence-corrected chi connectivity index (χ3v) is 3.56. The first kappa shape index (κ1) is 14.7. The summed E-state index contributed by atoms with van der Waals surface area (Å²) < 4.78 is 28.1. The van der Waals surface area contributed by atoms with Crippen LogP contribution in [0.4, 0.5) is 8.78 Å². The van der Waals surface area contributed by atoms with Crippen molar-refractivity contribution in [3.63, 3.8) is 0 Å². The van der Waals surface area contributed by atoms with Gasteiger partial charge in [0.25, 0.3) is 0 Å². The molecule has 1 atom stereocenters. The van der Waals surface area contributed by atoms with Gasteiger partial charge in [0.1, 0.15) is 5.83 Å². The molecular formula is C18H20F2. The zero-order valence-corrected chi connectivity index (χ0v) is 12.0. The van der Waals surface area contributed by atoms with Gasteiger partial charge < -0.3 is 0 Å². The Kier molecular flexibility index (Phi) is 4.92. The Morgan fingerprint density at radius 1 is 1.05 bits per heavy atom. The molecular weight excluding hydrogens is 254 g/mol. The molecule has 0 fully saturated rings. The van der Waals surface area contributed by atoms with E-state index in [-0.39, 0.29) is 5.57 Å². The molecule has 1 unspecified atom stereocenters. The number of hydrogen-bond donors (Lipinski definition) is 0. The number of aryl methyl sites for hydroxylation is 1. The van der Waals surface area contributed by atoms with E-state index < -0.39 is 17.6 Å². The zero-order valence-electron chi connectivity index (χ0n) is 12.0. The highest BCUT2D eigenvalue weighted by molar-refractivity contribution is 5.78. The number of allylic oxidation sites excluding steroid dienone is 3. The van der Waals surface area contributed by atoms with E-state index in [0.717, 1.165) is 19.3 Å². The summed E-state index contributed by atoms with van der Waals surface area (Å²) in [5.74, 6) is -1.87. The third-order valence-electron chi connectivity index (χ3n) is 3.56. The lowest BCUT2D eigenvalue weighted by Crippen LogP contribution is -2.03. The van der Waals surface area contributed by atoms with Gasteiger partial charge >= 0.3 is 0 Å². The molecule has 0 nitrogen and oxygen atoms in total. The van der Waals surface area contributed by atoms with Crippen molar-refractivity contribution in [2.24, 2.45) is 5.92 Å². The molecule has 2 rings (SSSR count). The molecule has 0 saturated carbocycles. The van der Waals surface area contributed by atoms with Crippen LogP contribution in [0.2, 0.25) is 0 Å². The standard InChI is InChI=1S/C18H20F2/c1-3-5-13-7-9-14(10-8-13)16-12-11-15(6-4-2)17(19)18(16)20/h7-11,15H,3-6H2,1-2H3. The van der Waals surface area contributed by atoms with E-state index in [0.29, 0.717) is 12.0 Å². The molecule has 0 aliphatic heterocycles. The molecule has 1 aliphatic rings. The summed E-state index contributed by atoms with van der Waals surface area (Å²) in [4.78, 5) is 0. The molecule has 0 aromatic heterocycles. The van der Waals surface area contributed by atoms with Gasteiger partial charge in [-0.15, -0.1) is 5.73 Å². The molecule has 1 aliphatic carbocycles. The number of halogens is 2. The summed E-state index contributed by atoms with van der Waals surface area (Å²) in [6, 6.07) is 7.62. The van der Waals surface area contributed by atoms with Crippen LogP contribution in [0.3, 0.4) is 0 Å². The molecule has 0 spiro atoms. The average Bonchev–Trinajstić information content (AvgIpc) is 2.46. The summed E-state index contributed by atoms with van der Waals surface area (Å²) in [5, 5.41) is 0. The third kappa shape index (κ3) is 3.08. The largest absolute Gasteiger partial charge is 0.208 e. The van der Waals surface area contributed by atoms with Crippen LogP contribution in [0.15, 0.2) is 47.7 Å². The van der Waals surface area contributed by atoms with Crippen LogP contribution in [0.1, 0.15) is 44.2 Å². The molecule has 20 heavy (non-hydrogen) atoms. The van der Waals surface area contributed by atoms with Crippen LogP contribution in [0, 0.1) is 5.92 Å². The Labute approximate surface area is 119 Å². The molecule has 1 aromatic rings. The maximum absolute atomic E-state index is 14.1. The highest BCUT2D eigenvalue weighted by Crippen LogP contribution is 2.35. The van der Waals surface area contributed by atoms with Crippen molar-refractivity contribution in [1.29, 1.82) is 0 Å². The summed E-state index contributed by atoms with van der Waals surface area (Å²) in [6.07, 6.45) is 5.17. The molecule has 0 radical (unpaired) electrons. The minimum Gasteiger partial charge on any atom is -0.208 e. The first-order valence-corrected chi connectivity index (χ1v) is 7.29. The monoisotopic (exact) mass is 274 g/mol. The Hall–Kier alpha value is -1.66. The van der Waals surface area contributed by atoms with Crippen molar-refractivity contribution in [2.45, 2.75) is 39.5 Å². The van der Waals surface area contributed by atoms with Crippen LogP contribution in [-0.4, -0.2) is 0 Å². The van der Waals surface area contributed by atoms with E-state index in [2.05, 4.69) is 12.7 Å². The second kappa shape index (κ2) is 6.67. The number of benzene rings is 1. The topological polar surface area (TPSA) is 0 Å². The fourth-order valence-electron chi connectivity index (χ4n) is 2.46.